The zero-order valence-corrected chi connectivity index (χ0v) is 8.70. The summed E-state index contributed by atoms with van der Waals surface area (Å²) in [5.74, 6) is 0. The quantitative estimate of drug-likeness (QED) is 0.804. The molecule has 0 radical (unpaired) electrons. The fourth-order valence-corrected chi connectivity index (χ4v) is 1.20. The fourth-order valence-electron chi connectivity index (χ4n) is 1.20. The highest BCUT2D eigenvalue weighted by Crippen LogP contribution is 2.19. The van der Waals surface area contributed by atoms with Crippen LogP contribution in [-0.2, 0) is 4.74 Å². The molecule has 0 aliphatic heterocycles. The maximum Gasteiger partial charge on any atom is 0.411 e. The predicted molar refractivity (Wildman–Crippen MR) is 56.5 cm³/mol. The molecule has 78 valence electrons. The van der Waals surface area contributed by atoms with Crippen LogP contribution in [0, 0.1) is 18.3 Å². The molecule has 1 amide bonds. The number of rotatable bonds is 2. The highest BCUT2D eigenvalue weighted by Gasteiger charge is 2.08. The molecule has 0 atom stereocenters. The van der Waals surface area contributed by atoms with Gasteiger partial charge in [0.1, 0.15) is 6.07 Å². The van der Waals surface area contributed by atoms with Crippen molar-refractivity contribution in [1.82, 2.24) is 0 Å². The molecule has 0 heterocycles. The Bertz CT molecular complexity index is 408. The molecule has 0 aromatic heterocycles. The normalized spacial score (nSPS) is 9.13. The van der Waals surface area contributed by atoms with Gasteiger partial charge in [-0.3, -0.25) is 5.32 Å². The topological polar surface area (TPSA) is 62.1 Å². The lowest BCUT2D eigenvalue weighted by Gasteiger charge is -2.09. The number of aryl methyl sites for hydroxylation is 1. The largest absolute Gasteiger partial charge is 0.450 e. The van der Waals surface area contributed by atoms with E-state index >= 15 is 0 Å². The van der Waals surface area contributed by atoms with Gasteiger partial charge in [-0.1, -0.05) is 12.1 Å². The smallest absolute Gasteiger partial charge is 0.411 e. The molecule has 1 rings (SSSR count). The van der Waals surface area contributed by atoms with E-state index < -0.39 is 6.09 Å². The lowest BCUT2D eigenvalue weighted by atomic mass is 10.1. The van der Waals surface area contributed by atoms with Crippen LogP contribution < -0.4 is 5.32 Å². The second kappa shape index (κ2) is 5.01. The van der Waals surface area contributed by atoms with Crippen LogP contribution in [0.2, 0.25) is 0 Å². The van der Waals surface area contributed by atoms with Gasteiger partial charge in [-0.2, -0.15) is 5.26 Å². The summed E-state index contributed by atoms with van der Waals surface area (Å²) >= 11 is 0. The molecular weight excluding hydrogens is 192 g/mol. The maximum atomic E-state index is 11.2. The summed E-state index contributed by atoms with van der Waals surface area (Å²) in [6.07, 6.45) is -0.539. The standard InChI is InChI=1S/C11H12N2O2/c1-3-15-11(14)13-10-8(2)5-4-6-9(10)7-12/h4-6H,3H2,1-2H3,(H,13,14). The molecule has 0 saturated heterocycles. The van der Waals surface area contributed by atoms with Gasteiger partial charge in [0.15, 0.2) is 0 Å². The van der Waals surface area contributed by atoms with Crippen molar-refractivity contribution in [2.45, 2.75) is 13.8 Å². The number of nitrogens with zero attached hydrogens (tertiary/aromatic N) is 1. The van der Waals surface area contributed by atoms with Crippen LogP contribution in [-0.4, -0.2) is 12.7 Å². The van der Waals surface area contributed by atoms with E-state index in [9.17, 15) is 4.79 Å². The molecule has 0 saturated carbocycles. The van der Waals surface area contributed by atoms with Gasteiger partial charge in [0, 0.05) is 0 Å². The van der Waals surface area contributed by atoms with Gasteiger partial charge in [-0.15, -0.1) is 0 Å². The van der Waals surface area contributed by atoms with E-state index in [0.717, 1.165) is 5.56 Å². The summed E-state index contributed by atoms with van der Waals surface area (Å²) in [4.78, 5) is 11.2. The Morgan fingerprint density at radius 1 is 1.60 bits per heavy atom. The summed E-state index contributed by atoms with van der Waals surface area (Å²) in [5.41, 5.74) is 1.78. The van der Waals surface area contributed by atoms with Crippen molar-refractivity contribution in [1.29, 1.82) is 5.26 Å². The minimum absolute atomic E-state index is 0.305. The van der Waals surface area contributed by atoms with Crippen LogP contribution >= 0.6 is 0 Å². The predicted octanol–water partition coefficient (Wildman–Crippen LogP) is 2.44. The van der Waals surface area contributed by atoms with Gasteiger partial charge in [0.25, 0.3) is 0 Å². The van der Waals surface area contributed by atoms with Crippen molar-refractivity contribution < 1.29 is 9.53 Å². The van der Waals surface area contributed by atoms with Gasteiger partial charge in [-0.25, -0.2) is 4.79 Å². The number of nitrogens with one attached hydrogen (secondary N) is 1. The third kappa shape index (κ3) is 2.71. The molecule has 4 nitrogen and oxygen atoms in total. The van der Waals surface area contributed by atoms with Gasteiger partial charge in [0.05, 0.1) is 17.9 Å². The summed E-state index contributed by atoms with van der Waals surface area (Å²) in [7, 11) is 0. The molecule has 1 aromatic rings. The van der Waals surface area contributed by atoms with Gasteiger partial charge >= 0.3 is 6.09 Å². The van der Waals surface area contributed by atoms with E-state index in [1.807, 2.05) is 19.1 Å². The fraction of sp³-hybridized carbons (Fsp3) is 0.273. The van der Waals surface area contributed by atoms with Crippen LogP contribution in [0.1, 0.15) is 18.1 Å². The summed E-state index contributed by atoms with van der Waals surface area (Å²) < 4.78 is 4.74. The van der Waals surface area contributed by atoms with Crippen LogP contribution in [0.25, 0.3) is 0 Å². The average molecular weight is 204 g/mol. The first-order valence-electron chi connectivity index (χ1n) is 4.62. The van der Waals surface area contributed by atoms with Gasteiger partial charge in [0.2, 0.25) is 0 Å². The third-order valence-corrected chi connectivity index (χ3v) is 1.90. The van der Waals surface area contributed by atoms with E-state index in [1.54, 1.807) is 19.1 Å². The van der Waals surface area contributed by atoms with Crippen molar-refractivity contribution in [3.63, 3.8) is 0 Å². The Hall–Kier alpha value is -2.02. The van der Waals surface area contributed by atoms with Crippen LogP contribution in [0.15, 0.2) is 18.2 Å². The first-order chi connectivity index (χ1) is 7.19. The monoisotopic (exact) mass is 204 g/mol. The Kier molecular flexibility index (Phi) is 3.69. The first kappa shape index (κ1) is 11.1. The van der Waals surface area contributed by atoms with E-state index in [4.69, 9.17) is 10.00 Å². The lowest BCUT2D eigenvalue weighted by Crippen LogP contribution is -2.15. The summed E-state index contributed by atoms with van der Waals surface area (Å²) in [6, 6.07) is 7.25. The van der Waals surface area contributed by atoms with Crippen molar-refractivity contribution in [3.8, 4) is 6.07 Å². The number of anilines is 1. The summed E-state index contributed by atoms with van der Waals surface area (Å²) in [6.45, 7) is 3.85. The molecule has 1 aromatic carbocycles. The van der Waals surface area contributed by atoms with Crippen LogP contribution in [0.5, 0.6) is 0 Å². The Morgan fingerprint density at radius 3 is 2.93 bits per heavy atom. The van der Waals surface area contributed by atoms with E-state index in [-0.39, 0.29) is 0 Å². The molecule has 0 fully saturated rings. The minimum Gasteiger partial charge on any atom is -0.450 e. The number of nitriles is 1. The van der Waals surface area contributed by atoms with Crippen molar-refractivity contribution in [2.75, 3.05) is 11.9 Å². The molecule has 1 N–H and O–H groups in total. The highest BCUT2D eigenvalue weighted by atomic mass is 16.5. The summed E-state index contributed by atoms with van der Waals surface area (Å²) in [5, 5.41) is 11.4. The third-order valence-electron chi connectivity index (χ3n) is 1.90. The molecule has 4 heteroatoms. The Labute approximate surface area is 88.5 Å². The van der Waals surface area contributed by atoms with Crippen LogP contribution in [0.3, 0.4) is 0 Å². The SMILES string of the molecule is CCOC(=O)Nc1c(C)cccc1C#N. The zero-order valence-electron chi connectivity index (χ0n) is 8.70. The minimum atomic E-state index is -0.539. The molecule has 0 aliphatic rings. The molecule has 0 spiro atoms. The zero-order chi connectivity index (χ0) is 11.3. The van der Waals surface area contributed by atoms with Crippen LogP contribution in [0.4, 0.5) is 10.5 Å². The van der Waals surface area contributed by atoms with Crippen molar-refractivity contribution in [3.05, 3.63) is 29.3 Å². The molecule has 0 unspecified atom stereocenters. The highest BCUT2D eigenvalue weighted by molar-refractivity contribution is 5.87. The van der Waals surface area contributed by atoms with Gasteiger partial charge in [-0.05, 0) is 25.5 Å². The molecule has 15 heavy (non-hydrogen) atoms. The number of carbonyl (C=O) groups is 1. The molecular formula is C11H12N2O2. The van der Waals surface area contributed by atoms with Crippen molar-refractivity contribution >= 4 is 11.8 Å². The van der Waals surface area contributed by atoms with E-state index in [2.05, 4.69) is 5.32 Å². The second-order valence-electron chi connectivity index (χ2n) is 2.95. The van der Waals surface area contributed by atoms with Gasteiger partial charge < -0.3 is 4.74 Å². The number of amides is 1. The maximum absolute atomic E-state index is 11.2. The number of carbonyl (C=O) groups excluding carboxylic acids is 1. The number of benzene rings is 1. The number of para-hydroxylation sites is 1. The molecule has 0 bridgehead atoms. The van der Waals surface area contributed by atoms with E-state index in [1.165, 1.54) is 0 Å². The second-order valence-corrected chi connectivity index (χ2v) is 2.95. The Balaban J connectivity index is 2.94. The number of ether oxygens (including phenoxy) is 1. The first-order valence-corrected chi connectivity index (χ1v) is 4.62. The number of hydrogen-bond donors (Lipinski definition) is 1. The number of hydrogen-bond acceptors (Lipinski definition) is 3. The Morgan fingerprint density at radius 2 is 2.33 bits per heavy atom. The molecule has 0 aliphatic carbocycles. The van der Waals surface area contributed by atoms with Crippen molar-refractivity contribution in [2.24, 2.45) is 0 Å². The lowest BCUT2D eigenvalue weighted by molar-refractivity contribution is 0.168. The van der Waals surface area contributed by atoms with E-state index in [0.29, 0.717) is 17.9 Å². The average Bonchev–Trinajstić information content (AvgIpc) is 2.21.